The van der Waals surface area contributed by atoms with Gasteiger partial charge in [0.05, 0.1) is 8.99 Å². The van der Waals surface area contributed by atoms with Crippen molar-refractivity contribution in [2.75, 3.05) is 0 Å². The zero-order valence-electron chi connectivity index (χ0n) is 10.5. The third kappa shape index (κ3) is 2.50. The van der Waals surface area contributed by atoms with E-state index in [1.807, 2.05) is 13.8 Å². The third-order valence-electron chi connectivity index (χ3n) is 3.59. The molecule has 0 N–H and O–H groups in total. The fourth-order valence-corrected chi connectivity index (χ4v) is 3.42. The van der Waals surface area contributed by atoms with Crippen LogP contribution in [0.1, 0.15) is 34.1 Å². The van der Waals surface area contributed by atoms with E-state index >= 15 is 0 Å². The van der Waals surface area contributed by atoms with Gasteiger partial charge in [0, 0.05) is 5.92 Å². The van der Waals surface area contributed by atoms with Crippen LogP contribution in [0, 0.1) is 5.92 Å². The summed E-state index contributed by atoms with van der Waals surface area (Å²) in [4.78, 5) is 0. The average Bonchev–Trinajstić information content (AvgIpc) is 2.60. The minimum Gasteiger partial charge on any atom is -0.341 e. The van der Waals surface area contributed by atoms with Gasteiger partial charge >= 0.3 is 0 Å². The van der Waals surface area contributed by atoms with Crippen LogP contribution in [0.15, 0.2) is 9.47 Å². The van der Waals surface area contributed by atoms with Crippen molar-refractivity contribution in [3.05, 3.63) is 9.47 Å². The number of hydrogen-bond donors (Lipinski definition) is 0. The van der Waals surface area contributed by atoms with Crippen molar-refractivity contribution in [2.45, 2.75) is 57.9 Å². The van der Waals surface area contributed by atoms with Crippen molar-refractivity contribution in [1.82, 2.24) is 0 Å². The Balaban J connectivity index is 2.24. The van der Waals surface area contributed by atoms with Crippen molar-refractivity contribution >= 4 is 31.9 Å². The highest BCUT2D eigenvalue weighted by atomic mass is 79.9. The number of fused-ring (bicyclic) bond motifs is 1. The molecular weight excluding hydrogens is 352 g/mol. The molecule has 0 bridgehead atoms. The normalized spacial score (nSPS) is 43.5. The summed E-state index contributed by atoms with van der Waals surface area (Å²) in [6, 6.07) is 0. The predicted molar refractivity (Wildman–Crippen MR) is 73.0 cm³/mol. The molecule has 4 unspecified atom stereocenters. The van der Waals surface area contributed by atoms with Gasteiger partial charge < -0.3 is 14.2 Å². The molecule has 0 spiro atoms. The van der Waals surface area contributed by atoms with E-state index in [9.17, 15) is 0 Å². The molecule has 0 saturated carbocycles. The van der Waals surface area contributed by atoms with Gasteiger partial charge in [-0.15, -0.1) is 0 Å². The maximum Gasteiger partial charge on any atom is 0.188 e. The SMILES string of the molecule is CCC1(C=C(Br)Br)OC2OC(C)(C)OC2C1C. The molecule has 5 heteroatoms. The molecule has 0 aromatic heterocycles. The molecule has 0 radical (unpaired) electrons. The van der Waals surface area contributed by atoms with E-state index < -0.39 is 5.79 Å². The van der Waals surface area contributed by atoms with Crippen LogP contribution >= 0.6 is 31.9 Å². The molecule has 2 aliphatic heterocycles. The maximum atomic E-state index is 6.10. The Hall–Kier alpha value is 0.580. The van der Waals surface area contributed by atoms with Crippen LogP contribution < -0.4 is 0 Å². The highest BCUT2D eigenvalue weighted by molar-refractivity contribution is 9.28. The van der Waals surface area contributed by atoms with Gasteiger partial charge in [0.15, 0.2) is 12.1 Å². The molecule has 0 aromatic carbocycles. The number of hydrogen-bond acceptors (Lipinski definition) is 3. The average molecular weight is 370 g/mol. The van der Waals surface area contributed by atoms with E-state index in [-0.39, 0.29) is 23.9 Å². The van der Waals surface area contributed by atoms with E-state index in [0.29, 0.717) is 0 Å². The second-order valence-electron chi connectivity index (χ2n) is 5.12. The second-order valence-corrected chi connectivity index (χ2v) is 7.89. The first-order valence-corrected chi connectivity index (χ1v) is 7.45. The van der Waals surface area contributed by atoms with Crippen molar-refractivity contribution in [3.63, 3.8) is 0 Å². The molecule has 2 fully saturated rings. The lowest BCUT2D eigenvalue weighted by molar-refractivity contribution is -0.223. The lowest BCUT2D eigenvalue weighted by atomic mass is 9.85. The number of halogens is 2. The monoisotopic (exact) mass is 368 g/mol. The van der Waals surface area contributed by atoms with Gasteiger partial charge in [0.2, 0.25) is 0 Å². The molecule has 0 aromatic rings. The standard InChI is InChI=1S/C12H18Br2O3/c1-5-12(6-8(13)14)7(2)9-10(17-12)16-11(3,4)15-9/h6-7,9-10H,5H2,1-4H3. The minimum atomic E-state index is -0.543. The molecule has 2 aliphatic rings. The maximum absolute atomic E-state index is 6.10. The van der Waals surface area contributed by atoms with E-state index in [2.05, 4.69) is 51.8 Å². The van der Waals surface area contributed by atoms with Gasteiger partial charge in [0.1, 0.15) is 6.10 Å². The van der Waals surface area contributed by atoms with Crippen LogP contribution in [0.5, 0.6) is 0 Å². The van der Waals surface area contributed by atoms with Crippen molar-refractivity contribution in [1.29, 1.82) is 0 Å². The van der Waals surface area contributed by atoms with Crippen LogP contribution in [0.25, 0.3) is 0 Å². The molecule has 0 aliphatic carbocycles. The number of ether oxygens (including phenoxy) is 3. The molecule has 4 atom stereocenters. The third-order valence-corrected chi connectivity index (χ3v) is 4.05. The van der Waals surface area contributed by atoms with Gasteiger partial charge in [-0.25, -0.2) is 0 Å². The summed E-state index contributed by atoms with van der Waals surface area (Å²) in [5.41, 5.74) is -0.325. The van der Waals surface area contributed by atoms with Gasteiger partial charge in [-0.2, -0.15) is 0 Å². The first kappa shape index (κ1) is 14.0. The van der Waals surface area contributed by atoms with E-state index in [1.54, 1.807) is 0 Å². The summed E-state index contributed by atoms with van der Waals surface area (Å²) in [5, 5.41) is 0. The van der Waals surface area contributed by atoms with Crippen LogP contribution in [0.4, 0.5) is 0 Å². The molecule has 0 amide bonds. The summed E-state index contributed by atoms with van der Waals surface area (Å²) in [5.74, 6) is -0.289. The van der Waals surface area contributed by atoms with Crippen LogP contribution in [0.3, 0.4) is 0 Å². The molecule has 2 heterocycles. The Kier molecular flexibility index (Phi) is 3.79. The van der Waals surface area contributed by atoms with Crippen LogP contribution in [-0.2, 0) is 14.2 Å². The summed E-state index contributed by atoms with van der Waals surface area (Å²) in [6.45, 7) is 8.11. The Labute approximate surface area is 119 Å². The lowest BCUT2D eigenvalue weighted by Gasteiger charge is -2.32. The minimum absolute atomic E-state index is 0.000509. The summed E-state index contributed by atoms with van der Waals surface area (Å²) in [7, 11) is 0. The fourth-order valence-electron chi connectivity index (χ4n) is 2.65. The van der Waals surface area contributed by atoms with E-state index in [4.69, 9.17) is 14.2 Å². The lowest BCUT2D eigenvalue weighted by Crippen LogP contribution is -2.37. The summed E-state index contributed by atoms with van der Waals surface area (Å²) < 4.78 is 18.7. The molecule has 17 heavy (non-hydrogen) atoms. The van der Waals surface area contributed by atoms with E-state index in [1.165, 1.54) is 0 Å². The topological polar surface area (TPSA) is 27.7 Å². The molecule has 3 nitrogen and oxygen atoms in total. The zero-order chi connectivity index (χ0) is 12.8. The summed E-state index contributed by atoms with van der Waals surface area (Å²) >= 11 is 6.81. The van der Waals surface area contributed by atoms with Gasteiger partial charge in [-0.1, -0.05) is 13.8 Å². The molecular formula is C12H18Br2O3. The molecule has 2 saturated heterocycles. The van der Waals surface area contributed by atoms with Crippen molar-refractivity contribution in [3.8, 4) is 0 Å². The Morgan fingerprint density at radius 1 is 1.24 bits per heavy atom. The first-order chi connectivity index (χ1) is 7.80. The predicted octanol–water partition coefficient (Wildman–Crippen LogP) is 3.91. The van der Waals surface area contributed by atoms with E-state index in [0.717, 1.165) is 9.81 Å². The first-order valence-electron chi connectivity index (χ1n) is 5.87. The van der Waals surface area contributed by atoms with Crippen molar-refractivity contribution < 1.29 is 14.2 Å². The van der Waals surface area contributed by atoms with Gasteiger partial charge in [-0.3, -0.25) is 0 Å². The van der Waals surface area contributed by atoms with Gasteiger partial charge in [0.25, 0.3) is 0 Å². The highest BCUT2D eigenvalue weighted by Gasteiger charge is 2.58. The Morgan fingerprint density at radius 3 is 2.35 bits per heavy atom. The largest absolute Gasteiger partial charge is 0.341 e. The Bertz CT molecular complexity index is 339. The fraction of sp³-hybridized carbons (Fsp3) is 0.833. The van der Waals surface area contributed by atoms with Crippen molar-refractivity contribution in [2.24, 2.45) is 5.92 Å². The summed E-state index contributed by atoms with van der Waals surface area (Å²) in [6.07, 6.45) is 2.67. The molecule has 2 rings (SSSR count). The smallest absolute Gasteiger partial charge is 0.188 e. The second kappa shape index (κ2) is 4.60. The van der Waals surface area contributed by atoms with Crippen LogP contribution in [0.2, 0.25) is 0 Å². The van der Waals surface area contributed by atoms with Crippen LogP contribution in [-0.4, -0.2) is 23.8 Å². The molecule has 98 valence electrons. The number of rotatable bonds is 2. The highest BCUT2D eigenvalue weighted by Crippen LogP contribution is 2.48. The Morgan fingerprint density at radius 2 is 1.88 bits per heavy atom. The quantitative estimate of drug-likeness (QED) is 0.738. The zero-order valence-corrected chi connectivity index (χ0v) is 13.7. The van der Waals surface area contributed by atoms with Gasteiger partial charge in [-0.05, 0) is 58.2 Å².